The second-order valence-corrected chi connectivity index (χ2v) is 7.07. The molecule has 0 aromatic heterocycles. The topological polar surface area (TPSA) is 72.2 Å². The zero-order chi connectivity index (χ0) is 13.9. The monoisotopic (exact) mass is 282 g/mol. The van der Waals surface area contributed by atoms with Gasteiger partial charge in [0.15, 0.2) is 0 Å². The molecule has 1 unspecified atom stereocenters. The highest BCUT2D eigenvalue weighted by molar-refractivity contribution is 7.89. The standard InChI is InChI=1S/C14H22N2O2S/c1-11(8-12-4-2-5-12)16-10-13-6-3-7-14(9-13)19(15,17)18/h3,6-7,9,11-12,16H,2,4-5,8,10H2,1H3,(H2,15,17,18). The van der Waals surface area contributed by atoms with Gasteiger partial charge in [-0.1, -0.05) is 31.4 Å². The molecule has 1 atom stereocenters. The third-order valence-corrected chi connectivity index (χ3v) is 4.70. The van der Waals surface area contributed by atoms with Crippen molar-refractivity contribution in [1.29, 1.82) is 0 Å². The molecule has 1 aromatic carbocycles. The van der Waals surface area contributed by atoms with Gasteiger partial charge in [-0.05, 0) is 37.0 Å². The summed E-state index contributed by atoms with van der Waals surface area (Å²) in [7, 11) is -3.61. The Kier molecular flexibility index (Phi) is 4.60. The van der Waals surface area contributed by atoms with Gasteiger partial charge < -0.3 is 5.32 Å². The Balaban J connectivity index is 1.88. The number of rotatable bonds is 6. The highest BCUT2D eigenvalue weighted by Crippen LogP contribution is 2.30. The molecule has 4 nitrogen and oxygen atoms in total. The summed E-state index contributed by atoms with van der Waals surface area (Å²) in [6.45, 7) is 2.86. The molecule has 0 aliphatic heterocycles. The zero-order valence-electron chi connectivity index (χ0n) is 11.3. The van der Waals surface area contributed by atoms with Crippen LogP contribution in [0.4, 0.5) is 0 Å². The van der Waals surface area contributed by atoms with E-state index < -0.39 is 10.0 Å². The minimum atomic E-state index is -3.61. The molecule has 1 aliphatic rings. The van der Waals surface area contributed by atoms with Crippen molar-refractivity contribution in [3.8, 4) is 0 Å². The number of hydrogen-bond donors (Lipinski definition) is 2. The highest BCUT2D eigenvalue weighted by atomic mass is 32.2. The van der Waals surface area contributed by atoms with Crippen LogP contribution in [0.5, 0.6) is 0 Å². The summed E-state index contributed by atoms with van der Waals surface area (Å²) in [6.07, 6.45) is 5.28. The molecule has 1 fully saturated rings. The van der Waals surface area contributed by atoms with Gasteiger partial charge in [0.1, 0.15) is 0 Å². The van der Waals surface area contributed by atoms with Crippen LogP contribution in [0.25, 0.3) is 0 Å². The van der Waals surface area contributed by atoms with E-state index in [1.165, 1.54) is 31.7 Å². The van der Waals surface area contributed by atoms with Crippen LogP contribution in [0.1, 0.15) is 38.2 Å². The molecule has 1 aliphatic carbocycles. The Hall–Kier alpha value is -0.910. The van der Waals surface area contributed by atoms with Crippen LogP contribution >= 0.6 is 0 Å². The lowest BCUT2D eigenvalue weighted by Gasteiger charge is -2.28. The number of hydrogen-bond acceptors (Lipinski definition) is 3. The fourth-order valence-corrected chi connectivity index (χ4v) is 3.02. The van der Waals surface area contributed by atoms with Crippen LogP contribution in [-0.2, 0) is 16.6 Å². The first-order chi connectivity index (χ1) is 8.95. The molecule has 0 amide bonds. The zero-order valence-corrected chi connectivity index (χ0v) is 12.1. The van der Waals surface area contributed by atoms with Crippen molar-refractivity contribution in [3.05, 3.63) is 29.8 Å². The third kappa shape index (κ3) is 4.30. The number of nitrogens with one attached hydrogen (secondary N) is 1. The van der Waals surface area contributed by atoms with E-state index in [2.05, 4.69) is 12.2 Å². The van der Waals surface area contributed by atoms with Crippen molar-refractivity contribution >= 4 is 10.0 Å². The Morgan fingerprint density at radius 1 is 1.42 bits per heavy atom. The summed E-state index contributed by atoms with van der Waals surface area (Å²) >= 11 is 0. The molecule has 5 heteroatoms. The maximum Gasteiger partial charge on any atom is 0.238 e. The smallest absolute Gasteiger partial charge is 0.238 e. The van der Waals surface area contributed by atoms with E-state index in [0.29, 0.717) is 12.6 Å². The summed E-state index contributed by atoms with van der Waals surface area (Å²) in [4.78, 5) is 0.179. The summed E-state index contributed by atoms with van der Waals surface area (Å²) < 4.78 is 22.5. The number of benzene rings is 1. The fourth-order valence-electron chi connectivity index (χ4n) is 2.44. The van der Waals surface area contributed by atoms with E-state index in [9.17, 15) is 8.42 Å². The maximum absolute atomic E-state index is 11.3. The summed E-state index contributed by atoms with van der Waals surface area (Å²) in [5.41, 5.74) is 0.951. The van der Waals surface area contributed by atoms with Crippen LogP contribution in [0.2, 0.25) is 0 Å². The number of primary sulfonamides is 1. The minimum Gasteiger partial charge on any atom is -0.310 e. The highest BCUT2D eigenvalue weighted by Gasteiger charge is 2.19. The Bertz CT molecular complexity index is 524. The normalized spacial score (nSPS) is 18.0. The lowest BCUT2D eigenvalue weighted by atomic mass is 9.81. The van der Waals surface area contributed by atoms with Crippen LogP contribution in [-0.4, -0.2) is 14.5 Å². The van der Waals surface area contributed by atoms with Gasteiger partial charge in [0.2, 0.25) is 10.0 Å². The van der Waals surface area contributed by atoms with E-state index in [4.69, 9.17) is 5.14 Å². The average Bonchev–Trinajstić information content (AvgIpc) is 2.31. The first-order valence-electron chi connectivity index (χ1n) is 6.80. The summed E-state index contributed by atoms with van der Waals surface area (Å²) in [6, 6.07) is 7.27. The quantitative estimate of drug-likeness (QED) is 0.838. The van der Waals surface area contributed by atoms with Gasteiger partial charge in [0.25, 0.3) is 0 Å². The molecule has 1 aromatic rings. The van der Waals surface area contributed by atoms with Gasteiger partial charge in [-0.25, -0.2) is 13.6 Å². The second-order valence-electron chi connectivity index (χ2n) is 5.51. The molecule has 2 rings (SSSR count). The largest absolute Gasteiger partial charge is 0.310 e. The lowest BCUT2D eigenvalue weighted by Crippen LogP contribution is -2.29. The van der Waals surface area contributed by atoms with Crippen LogP contribution in [0.3, 0.4) is 0 Å². The fraction of sp³-hybridized carbons (Fsp3) is 0.571. The van der Waals surface area contributed by atoms with Gasteiger partial charge in [0.05, 0.1) is 4.90 Å². The molecule has 0 heterocycles. The summed E-state index contributed by atoms with van der Waals surface area (Å²) in [5, 5.41) is 8.57. The molecule has 0 radical (unpaired) electrons. The van der Waals surface area contributed by atoms with Gasteiger partial charge >= 0.3 is 0 Å². The van der Waals surface area contributed by atoms with Crippen molar-refractivity contribution in [3.63, 3.8) is 0 Å². The van der Waals surface area contributed by atoms with Crippen molar-refractivity contribution < 1.29 is 8.42 Å². The Morgan fingerprint density at radius 3 is 2.74 bits per heavy atom. The average molecular weight is 282 g/mol. The van der Waals surface area contributed by atoms with E-state index in [-0.39, 0.29) is 4.90 Å². The predicted molar refractivity (Wildman–Crippen MR) is 76.1 cm³/mol. The van der Waals surface area contributed by atoms with Crippen LogP contribution in [0, 0.1) is 5.92 Å². The number of nitrogens with two attached hydrogens (primary N) is 1. The van der Waals surface area contributed by atoms with E-state index >= 15 is 0 Å². The first-order valence-corrected chi connectivity index (χ1v) is 8.35. The maximum atomic E-state index is 11.3. The minimum absolute atomic E-state index is 0.179. The van der Waals surface area contributed by atoms with Gasteiger partial charge in [-0.2, -0.15) is 0 Å². The third-order valence-electron chi connectivity index (χ3n) is 3.79. The SMILES string of the molecule is CC(CC1CCC1)NCc1cccc(S(N)(=O)=O)c1. The molecule has 3 N–H and O–H groups in total. The van der Waals surface area contributed by atoms with Gasteiger partial charge in [-0.3, -0.25) is 0 Å². The molecule has 19 heavy (non-hydrogen) atoms. The molecule has 1 saturated carbocycles. The van der Waals surface area contributed by atoms with Crippen molar-refractivity contribution in [1.82, 2.24) is 5.32 Å². The van der Waals surface area contributed by atoms with Crippen molar-refractivity contribution in [2.45, 2.75) is 50.1 Å². The lowest BCUT2D eigenvalue weighted by molar-refractivity contribution is 0.265. The first kappa shape index (κ1) is 14.5. The van der Waals surface area contributed by atoms with E-state index in [0.717, 1.165) is 11.5 Å². The second kappa shape index (κ2) is 6.03. The van der Waals surface area contributed by atoms with Crippen molar-refractivity contribution in [2.75, 3.05) is 0 Å². The van der Waals surface area contributed by atoms with Gasteiger partial charge in [0, 0.05) is 12.6 Å². The van der Waals surface area contributed by atoms with Crippen LogP contribution < -0.4 is 10.5 Å². The molecule has 0 bridgehead atoms. The molecular formula is C14H22N2O2S. The van der Waals surface area contributed by atoms with Crippen molar-refractivity contribution in [2.24, 2.45) is 11.1 Å². The van der Waals surface area contributed by atoms with E-state index in [1.54, 1.807) is 12.1 Å². The summed E-state index contributed by atoms with van der Waals surface area (Å²) in [5.74, 6) is 0.873. The molecule has 0 spiro atoms. The van der Waals surface area contributed by atoms with Crippen LogP contribution in [0.15, 0.2) is 29.2 Å². The van der Waals surface area contributed by atoms with E-state index in [1.807, 2.05) is 6.07 Å². The predicted octanol–water partition coefficient (Wildman–Crippen LogP) is 2.00. The molecular weight excluding hydrogens is 260 g/mol. The molecule has 106 valence electrons. The van der Waals surface area contributed by atoms with Gasteiger partial charge in [-0.15, -0.1) is 0 Å². The molecule has 0 saturated heterocycles. The number of sulfonamides is 1. The Labute approximate surface area is 115 Å². The Morgan fingerprint density at radius 2 is 2.16 bits per heavy atom.